The lowest BCUT2D eigenvalue weighted by atomic mass is 10.1. The van der Waals surface area contributed by atoms with Crippen molar-refractivity contribution in [1.82, 2.24) is 0 Å². The van der Waals surface area contributed by atoms with Crippen LogP contribution in [0.1, 0.15) is 28.8 Å². The van der Waals surface area contributed by atoms with E-state index in [1.54, 1.807) is 17.0 Å². The number of nitrogens with zero attached hydrogens (tertiary/aromatic N) is 1. The van der Waals surface area contributed by atoms with Gasteiger partial charge < -0.3 is 10.2 Å². The van der Waals surface area contributed by atoms with E-state index in [1.165, 1.54) is 0 Å². The third kappa shape index (κ3) is 2.86. The fourth-order valence-electron chi connectivity index (χ4n) is 2.62. The normalized spacial score (nSPS) is 14.2. The number of benzene rings is 2. The number of para-hydroxylation sites is 1. The number of carbonyl (C=O) groups excluding carboxylic acids is 2. The average molecular weight is 294 g/mol. The Bertz CT molecular complexity index is 707. The van der Waals surface area contributed by atoms with Crippen molar-refractivity contribution >= 4 is 23.2 Å². The van der Waals surface area contributed by atoms with Gasteiger partial charge in [-0.1, -0.05) is 18.2 Å². The van der Waals surface area contributed by atoms with Crippen molar-refractivity contribution < 1.29 is 9.59 Å². The van der Waals surface area contributed by atoms with Crippen LogP contribution in [0.5, 0.6) is 0 Å². The molecule has 1 saturated heterocycles. The molecule has 1 aliphatic rings. The van der Waals surface area contributed by atoms with Gasteiger partial charge in [0.25, 0.3) is 5.91 Å². The number of amides is 2. The summed E-state index contributed by atoms with van der Waals surface area (Å²) in [7, 11) is 0. The highest BCUT2D eigenvalue weighted by Crippen LogP contribution is 2.22. The maximum Gasteiger partial charge on any atom is 0.255 e. The van der Waals surface area contributed by atoms with E-state index in [0.717, 1.165) is 29.9 Å². The quantitative estimate of drug-likeness (QED) is 0.943. The fourth-order valence-corrected chi connectivity index (χ4v) is 2.62. The van der Waals surface area contributed by atoms with Crippen molar-refractivity contribution in [3.05, 3.63) is 59.7 Å². The number of carbonyl (C=O) groups is 2. The molecule has 1 aliphatic heterocycles. The zero-order valence-electron chi connectivity index (χ0n) is 12.5. The molecule has 22 heavy (non-hydrogen) atoms. The number of anilines is 2. The summed E-state index contributed by atoms with van der Waals surface area (Å²) in [6, 6.07) is 14.8. The van der Waals surface area contributed by atoms with Gasteiger partial charge in [0.05, 0.1) is 0 Å². The highest BCUT2D eigenvalue weighted by molar-refractivity contribution is 6.05. The molecule has 2 amide bonds. The lowest BCUT2D eigenvalue weighted by Crippen LogP contribution is -2.23. The number of hydrogen-bond donors (Lipinski definition) is 1. The maximum atomic E-state index is 12.3. The Morgan fingerprint density at radius 3 is 2.45 bits per heavy atom. The first-order valence-corrected chi connectivity index (χ1v) is 7.42. The molecule has 0 aromatic heterocycles. The molecule has 1 fully saturated rings. The van der Waals surface area contributed by atoms with Gasteiger partial charge in [0.15, 0.2) is 0 Å². The summed E-state index contributed by atoms with van der Waals surface area (Å²) in [5.41, 5.74) is 3.27. The summed E-state index contributed by atoms with van der Waals surface area (Å²) in [6.45, 7) is 2.71. The monoisotopic (exact) mass is 294 g/mol. The molecule has 3 rings (SSSR count). The van der Waals surface area contributed by atoms with Crippen molar-refractivity contribution in [2.24, 2.45) is 0 Å². The predicted molar refractivity (Wildman–Crippen MR) is 87.2 cm³/mol. The van der Waals surface area contributed by atoms with Crippen LogP contribution in [-0.2, 0) is 4.79 Å². The first kappa shape index (κ1) is 14.3. The van der Waals surface area contributed by atoms with Crippen molar-refractivity contribution in [3.8, 4) is 0 Å². The summed E-state index contributed by atoms with van der Waals surface area (Å²) in [4.78, 5) is 25.8. The molecule has 0 aliphatic carbocycles. The van der Waals surface area contributed by atoms with Crippen molar-refractivity contribution in [3.63, 3.8) is 0 Å². The predicted octanol–water partition coefficient (Wildman–Crippen LogP) is 3.37. The minimum Gasteiger partial charge on any atom is -0.322 e. The minimum absolute atomic E-state index is 0.145. The van der Waals surface area contributed by atoms with Gasteiger partial charge in [-0.15, -0.1) is 0 Å². The van der Waals surface area contributed by atoms with Gasteiger partial charge in [0.1, 0.15) is 0 Å². The van der Waals surface area contributed by atoms with Gasteiger partial charge in [0, 0.05) is 29.9 Å². The molecule has 2 aromatic rings. The summed E-state index contributed by atoms with van der Waals surface area (Å²) in [5, 5.41) is 2.90. The van der Waals surface area contributed by atoms with E-state index in [4.69, 9.17) is 0 Å². The fraction of sp³-hybridized carbons (Fsp3) is 0.222. The second-order valence-electron chi connectivity index (χ2n) is 5.46. The Morgan fingerprint density at radius 2 is 1.82 bits per heavy atom. The van der Waals surface area contributed by atoms with E-state index in [-0.39, 0.29) is 11.8 Å². The summed E-state index contributed by atoms with van der Waals surface area (Å²) in [6.07, 6.45) is 1.50. The molecule has 2 aromatic carbocycles. The molecule has 0 saturated carbocycles. The topological polar surface area (TPSA) is 49.4 Å². The van der Waals surface area contributed by atoms with Crippen LogP contribution in [-0.4, -0.2) is 18.4 Å². The molecular formula is C18H18N2O2. The number of nitrogens with one attached hydrogen (secondary N) is 1. The molecule has 0 unspecified atom stereocenters. The molecule has 0 bridgehead atoms. The average Bonchev–Trinajstić information content (AvgIpc) is 2.96. The summed E-state index contributed by atoms with van der Waals surface area (Å²) < 4.78 is 0. The summed E-state index contributed by atoms with van der Waals surface area (Å²) in [5.74, 6) is 0.00529. The Hall–Kier alpha value is -2.62. The SMILES string of the molecule is Cc1ccccc1NC(=O)c1ccc(N2CCCC2=O)cc1. The van der Waals surface area contributed by atoms with Crippen LogP contribution in [0.2, 0.25) is 0 Å². The van der Waals surface area contributed by atoms with Crippen LogP contribution in [0.4, 0.5) is 11.4 Å². The zero-order valence-corrected chi connectivity index (χ0v) is 12.5. The van der Waals surface area contributed by atoms with E-state index in [9.17, 15) is 9.59 Å². The smallest absolute Gasteiger partial charge is 0.255 e. The summed E-state index contributed by atoms with van der Waals surface area (Å²) >= 11 is 0. The van der Waals surface area contributed by atoms with E-state index in [0.29, 0.717) is 12.0 Å². The van der Waals surface area contributed by atoms with Crippen LogP contribution in [0.25, 0.3) is 0 Å². The molecule has 1 heterocycles. The van der Waals surface area contributed by atoms with Crippen molar-refractivity contribution in [1.29, 1.82) is 0 Å². The first-order chi connectivity index (χ1) is 10.6. The minimum atomic E-state index is -0.145. The van der Waals surface area contributed by atoms with Crippen LogP contribution < -0.4 is 10.2 Å². The largest absolute Gasteiger partial charge is 0.322 e. The van der Waals surface area contributed by atoms with Crippen LogP contribution in [0.3, 0.4) is 0 Å². The third-order valence-electron chi connectivity index (χ3n) is 3.91. The number of hydrogen-bond acceptors (Lipinski definition) is 2. The van der Waals surface area contributed by atoms with Crippen LogP contribution in [0.15, 0.2) is 48.5 Å². The standard InChI is InChI=1S/C18H18N2O2/c1-13-5-2-3-6-16(13)19-18(22)14-8-10-15(11-9-14)20-12-4-7-17(20)21/h2-3,5-6,8-11H,4,7,12H2,1H3,(H,19,22). The molecule has 1 N–H and O–H groups in total. The van der Waals surface area contributed by atoms with Crippen molar-refractivity contribution in [2.45, 2.75) is 19.8 Å². The van der Waals surface area contributed by atoms with Crippen LogP contribution in [0, 0.1) is 6.92 Å². The molecule has 112 valence electrons. The Labute approximate surface area is 129 Å². The van der Waals surface area contributed by atoms with E-state index >= 15 is 0 Å². The lowest BCUT2D eigenvalue weighted by Gasteiger charge is -2.16. The lowest BCUT2D eigenvalue weighted by molar-refractivity contribution is -0.117. The Kier molecular flexibility index (Phi) is 3.92. The second kappa shape index (κ2) is 6.02. The zero-order chi connectivity index (χ0) is 15.5. The molecular weight excluding hydrogens is 276 g/mol. The molecule has 4 nitrogen and oxygen atoms in total. The molecule has 0 spiro atoms. The highest BCUT2D eigenvalue weighted by Gasteiger charge is 2.21. The molecule has 4 heteroatoms. The van der Waals surface area contributed by atoms with Crippen molar-refractivity contribution in [2.75, 3.05) is 16.8 Å². The molecule has 0 radical (unpaired) electrons. The van der Waals surface area contributed by atoms with Gasteiger partial charge in [-0.2, -0.15) is 0 Å². The van der Waals surface area contributed by atoms with Gasteiger partial charge in [-0.05, 0) is 49.2 Å². The van der Waals surface area contributed by atoms with E-state index < -0.39 is 0 Å². The van der Waals surface area contributed by atoms with Gasteiger partial charge in [-0.25, -0.2) is 0 Å². The Balaban J connectivity index is 1.74. The van der Waals surface area contributed by atoms with E-state index in [2.05, 4.69) is 5.32 Å². The number of rotatable bonds is 3. The first-order valence-electron chi connectivity index (χ1n) is 7.42. The highest BCUT2D eigenvalue weighted by atomic mass is 16.2. The van der Waals surface area contributed by atoms with Gasteiger partial charge in [0.2, 0.25) is 5.91 Å². The van der Waals surface area contributed by atoms with Gasteiger partial charge >= 0.3 is 0 Å². The van der Waals surface area contributed by atoms with Gasteiger partial charge in [-0.3, -0.25) is 9.59 Å². The second-order valence-corrected chi connectivity index (χ2v) is 5.46. The molecule has 0 atom stereocenters. The maximum absolute atomic E-state index is 12.3. The van der Waals surface area contributed by atoms with E-state index in [1.807, 2.05) is 43.3 Å². The Morgan fingerprint density at radius 1 is 1.09 bits per heavy atom. The third-order valence-corrected chi connectivity index (χ3v) is 3.91. The van der Waals surface area contributed by atoms with Crippen LogP contribution >= 0.6 is 0 Å². The number of aryl methyl sites for hydroxylation is 1.